The van der Waals surface area contributed by atoms with Crippen LogP contribution >= 0.6 is 11.8 Å². The van der Waals surface area contributed by atoms with Crippen molar-refractivity contribution in [3.8, 4) is 0 Å². The quantitative estimate of drug-likeness (QED) is 0.412. The van der Waals surface area contributed by atoms with E-state index in [2.05, 4.69) is 58.2 Å². The molecule has 0 aliphatic carbocycles. The van der Waals surface area contributed by atoms with Gasteiger partial charge < -0.3 is 16.4 Å². The van der Waals surface area contributed by atoms with Crippen LogP contribution in [0, 0.1) is 0 Å². The van der Waals surface area contributed by atoms with Gasteiger partial charge in [0.1, 0.15) is 6.29 Å². The van der Waals surface area contributed by atoms with Gasteiger partial charge >= 0.3 is 0 Å². The summed E-state index contributed by atoms with van der Waals surface area (Å²) < 4.78 is 0. The monoisotopic (exact) mass is 427 g/mol. The minimum atomic E-state index is -0.249. The van der Waals surface area contributed by atoms with Gasteiger partial charge in [-0.2, -0.15) is 0 Å². The van der Waals surface area contributed by atoms with Crippen molar-refractivity contribution in [3.05, 3.63) is 53.1 Å². The summed E-state index contributed by atoms with van der Waals surface area (Å²) in [7, 11) is 0. The van der Waals surface area contributed by atoms with Crippen LogP contribution in [-0.2, 0) is 5.41 Å². The van der Waals surface area contributed by atoms with Gasteiger partial charge in [0.2, 0.25) is 0 Å². The lowest BCUT2D eigenvalue weighted by atomic mass is 9.86. The number of nitrogens with two attached hydrogens (primary N) is 1. The number of anilines is 2. The number of benzene rings is 2. The maximum absolute atomic E-state index is 13.0. The van der Waals surface area contributed by atoms with E-state index in [1.165, 1.54) is 0 Å². The number of nitrogens with one attached hydrogen (secondary N) is 2. The van der Waals surface area contributed by atoms with Crippen LogP contribution in [0.25, 0.3) is 0 Å². The molecule has 0 aliphatic heterocycles. The Labute approximate surface area is 184 Å². The first kappa shape index (κ1) is 24.0. The van der Waals surface area contributed by atoms with E-state index in [1.54, 1.807) is 36.0 Å². The smallest absolute Gasteiger partial charge is 0.255 e. The zero-order valence-electron chi connectivity index (χ0n) is 18.8. The summed E-state index contributed by atoms with van der Waals surface area (Å²) in [5, 5.41) is 6.65. The summed E-state index contributed by atoms with van der Waals surface area (Å²) in [6.07, 6.45) is 0.741. The number of hydrogen-bond donors (Lipinski definition) is 3. The zero-order valence-corrected chi connectivity index (χ0v) is 19.6. The van der Waals surface area contributed by atoms with Gasteiger partial charge in [-0.05, 0) is 56.0 Å². The predicted octanol–water partition coefficient (Wildman–Crippen LogP) is 5.31. The molecule has 0 saturated heterocycles. The highest BCUT2D eigenvalue weighted by Crippen LogP contribution is 2.40. The molecule has 2 aromatic rings. The first-order valence-electron chi connectivity index (χ1n) is 10.1. The van der Waals surface area contributed by atoms with Crippen LogP contribution in [0.5, 0.6) is 0 Å². The number of carbonyl (C=O) groups is 2. The van der Waals surface area contributed by atoms with Crippen molar-refractivity contribution in [1.29, 1.82) is 0 Å². The van der Waals surface area contributed by atoms with E-state index < -0.39 is 0 Å². The minimum absolute atomic E-state index is 0.0950. The number of amides is 1. The maximum atomic E-state index is 13.0. The average molecular weight is 428 g/mol. The van der Waals surface area contributed by atoms with Crippen molar-refractivity contribution in [2.24, 2.45) is 5.73 Å². The predicted molar refractivity (Wildman–Crippen MR) is 128 cm³/mol. The molecular formula is C24H33N3O2S. The molecule has 4 N–H and O–H groups in total. The first-order chi connectivity index (χ1) is 13.9. The molecular weight excluding hydrogens is 394 g/mol. The lowest BCUT2D eigenvalue weighted by Crippen LogP contribution is -2.27. The highest BCUT2D eigenvalue weighted by Gasteiger charge is 2.23. The molecule has 2 aromatic carbocycles. The summed E-state index contributed by atoms with van der Waals surface area (Å²) in [4.78, 5) is 25.0. The van der Waals surface area contributed by atoms with Gasteiger partial charge in [-0.25, -0.2) is 0 Å². The van der Waals surface area contributed by atoms with Crippen molar-refractivity contribution in [3.63, 3.8) is 0 Å². The normalized spacial score (nSPS) is 11.8. The Morgan fingerprint density at radius 3 is 2.30 bits per heavy atom. The molecule has 0 spiro atoms. The van der Waals surface area contributed by atoms with Crippen LogP contribution in [0.2, 0.25) is 0 Å². The van der Waals surface area contributed by atoms with Gasteiger partial charge in [0.05, 0.1) is 16.3 Å². The van der Waals surface area contributed by atoms with Crippen molar-refractivity contribution in [2.45, 2.75) is 57.4 Å². The molecule has 0 heterocycles. The molecule has 30 heavy (non-hydrogen) atoms. The van der Waals surface area contributed by atoms with Crippen molar-refractivity contribution >= 4 is 35.3 Å². The van der Waals surface area contributed by atoms with E-state index in [9.17, 15) is 9.59 Å². The summed E-state index contributed by atoms with van der Waals surface area (Å²) >= 11 is 1.62. The zero-order chi connectivity index (χ0) is 22.5. The topological polar surface area (TPSA) is 84.2 Å². The van der Waals surface area contributed by atoms with Crippen LogP contribution in [-0.4, -0.2) is 30.0 Å². The van der Waals surface area contributed by atoms with Crippen LogP contribution < -0.4 is 16.4 Å². The number of rotatable bonds is 7. The highest BCUT2D eigenvalue weighted by atomic mass is 32.2. The third kappa shape index (κ3) is 6.61. The molecule has 0 fully saturated rings. The molecule has 1 amide bonds. The molecule has 0 atom stereocenters. The Balaban J connectivity index is 2.56. The largest absolute Gasteiger partial charge is 0.379 e. The van der Waals surface area contributed by atoms with E-state index in [0.717, 1.165) is 33.9 Å². The van der Waals surface area contributed by atoms with E-state index in [1.807, 2.05) is 6.07 Å². The molecule has 2 rings (SSSR count). The Morgan fingerprint density at radius 1 is 1.07 bits per heavy atom. The molecule has 0 saturated carbocycles. The van der Waals surface area contributed by atoms with Gasteiger partial charge in [-0.1, -0.05) is 32.9 Å². The van der Waals surface area contributed by atoms with Crippen LogP contribution in [0.4, 0.5) is 11.4 Å². The summed E-state index contributed by atoms with van der Waals surface area (Å²) in [5.41, 5.74) is 9.28. The summed E-state index contributed by atoms with van der Waals surface area (Å²) in [6, 6.07) is 10.9. The van der Waals surface area contributed by atoms with Crippen molar-refractivity contribution in [2.75, 3.05) is 22.9 Å². The molecule has 0 aromatic heterocycles. The molecule has 0 unspecified atom stereocenters. The average Bonchev–Trinajstić information content (AvgIpc) is 2.65. The van der Waals surface area contributed by atoms with E-state index in [0.29, 0.717) is 17.7 Å². The Hall–Kier alpha value is -2.31. The second-order valence-electron chi connectivity index (χ2n) is 9.36. The fraction of sp³-hybridized carbons (Fsp3) is 0.417. The van der Waals surface area contributed by atoms with Gasteiger partial charge in [0, 0.05) is 29.0 Å². The SMILES string of the molecule is CC(C)(C)Nc1cc(C(C)(C)C)cc(NC(=O)c2cccc(C=O)c2)c1SCCN. The van der Waals surface area contributed by atoms with E-state index in [-0.39, 0.29) is 16.9 Å². The number of hydrogen-bond acceptors (Lipinski definition) is 5. The Bertz CT molecular complexity index is 912. The lowest BCUT2D eigenvalue weighted by Gasteiger charge is -2.29. The maximum Gasteiger partial charge on any atom is 0.255 e. The van der Waals surface area contributed by atoms with Gasteiger partial charge in [-0.3, -0.25) is 9.59 Å². The fourth-order valence-electron chi connectivity index (χ4n) is 2.92. The fourth-order valence-corrected chi connectivity index (χ4v) is 3.77. The van der Waals surface area contributed by atoms with Crippen molar-refractivity contribution < 1.29 is 9.59 Å². The van der Waals surface area contributed by atoms with Crippen LogP contribution in [0.15, 0.2) is 41.3 Å². The Morgan fingerprint density at radius 2 is 1.73 bits per heavy atom. The molecule has 5 nitrogen and oxygen atoms in total. The summed E-state index contributed by atoms with van der Waals surface area (Å²) in [6.45, 7) is 13.3. The number of aldehydes is 1. The first-order valence-corrected chi connectivity index (χ1v) is 11.1. The third-order valence-corrected chi connectivity index (χ3v) is 5.53. The lowest BCUT2D eigenvalue weighted by molar-refractivity contribution is 0.102. The second-order valence-corrected chi connectivity index (χ2v) is 10.5. The molecule has 0 bridgehead atoms. The van der Waals surface area contributed by atoms with Gasteiger partial charge in [0.25, 0.3) is 5.91 Å². The molecule has 0 aliphatic rings. The summed E-state index contributed by atoms with van der Waals surface area (Å²) in [5.74, 6) is 0.484. The number of carbonyl (C=O) groups excluding carboxylic acids is 2. The van der Waals surface area contributed by atoms with Crippen LogP contribution in [0.1, 0.15) is 67.8 Å². The minimum Gasteiger partial charge on any atom is -0.379 e. The van der Waals surface area contributed by atoms with Crippen molar-refractivity contribution in [1.82, 2.24) is 0 Å². The molecule has 162 valence electrons. The number of thioether (sulfide) groups is 1. The van der Waals surface area contributed by atoms with E-state index >= 15 is 0 Å². The standard InChI is InChI=1S/C24H33N3O2S/c1-23(2,3)18-13-19(26-22(29)17-9-7-8-16(12-17)15-28)21(30-11-10-25)20(14-18)27-24(4,5)6/h7-9,12-15,27H,10-11,25H2,1-6H3,(H,26,29). The second kappa shape index (κ2) is 9.67. The molecule has 0 radical (unpaired) electrons. The van der Waals surface area contributed by atoms with Crippen LogP contribution in [0.3, 0.4) is 0 Å². The van der Waals surface area contributed by atoms with E-state index in [4.69, 9.17) is 5.73 Å². The van der Waals surface area contributed by atoms with Gasteiger partial charge in [0.15, 0.2) is 0 Å². The third-order valence-electron chi connectivity index (χ3n) is 4.36. The van der Waals surface area contributed by atoms with Gasteiger partial charge in [-0.15, -0.1) is 11.8 Å². The molecule has 6 heteroatoms. The Kier molecular flexibility index (Phi) is 7.72. The highest BCUT2D eigenvalue weighted by molar-refractivity contribution is 7.99.